The molecule has 0 aromatic heterocycles. The lowest BCUT2D eigenvalue weighted by molar-refractivity contribution is 0.0696. The normalized spacial score (nSPS) is 10.2. The Labute approximate surface area is 125 Å². The number of benzene rings is 2. The molecule has 2 rings (SSSR count). The number of carbonyl (C=O) groups is 1. The van der Waals surface area contributed by atoms with Gasteiger partial charge in [-0.05, 0) is 58.8 Å². The fourth-order valence-corrected chi connectivity index (χ4v) is 2.35. The van der Waals surface area contributed by atoms with E-state index in [4.69, 9.17) is 5.11 Å². The Bertz CT molecular complexity index is 611. The standard InChI is InChI=1S/C15H14INO2/c1-10-6-7-12(16)8-14(10)17-9-11-4-2-3-5-13(11)15(18)19/h2-8,17H,9H2,1H3,(H,18,19). The summed E-state index contributed by atoms with van der Waals surface area (Å²) in [7, 11) is 0. The molecule has 0 amide bonds. The SMILES string of the molecule is Cc1ccc(I)cc1NCc1ccccc1C(=O)O. The van der Waals surface area contributed by atoms with Crippen molar-refractivity contribution >= 4 is 34.2 Å². The van der Waals surface area contributed by atoms with Gasteiger partial charge in [0, 0.05) is 15.8 Å². The Kier molecular flexibility index (Phi) is 4.42. The van der Waals surface area contributed by atoms with E-state index in [1.807, 2.05) is 31.2 Å². The van der Waals surface area contributed by atoms with Crippen LogP contribution in [0.2, 0.25) is 0 Å². The van der Waals surface area contributed by atoms with E-state index in [1.165, 1.54) is 0 Å². The first kappa shape index (κ1) is 13.9. The summed E-state index contributed by atoms with van der Waals surface area (Å²) < 4.78 is 1.15. The lowest BCUT2D eigenvalue weighted by Gasteiger charge is -2.11. The first-order valence-electron chi connectivity index (χ1n) is 5.89. The topological polar surface area (TPSA) is 49.3 Å². The molecule has 0 aliphatic rings. The zero-order chi connectivity index (χ0) is 13.8. The van der Waals surface area contributed by atoms with Crippen molar-refractivity contribution in [2.24, 2.45) is 0 Å². The molecule has 19 heavy (non-hydrogen) atoms. The summed E-state index contributed by atoms with van der Waals surface area (Å²) in [6.45, 7) is 2.53. The van der Waals surface area contributed by atoms with Gasteiger partial charge in [-0.15, -0.1) is 0 Å². The number of aromatic carboxylic acids is 1. The second-order valence-corrected chi connectivity index (χ2v) is 5.52. The van der Waals surface area contributed by atoms with Crippen molar-refractivity contribution in [2.75, 3.05) is 5.32 Å². The molecule has 4 heteroatoms. The van der Waals surface area contributed by atoms with Gasteiger partial charge in [0.25, 0.3) is 0 Å². The molecular weight excluding hydrogens is 353 g/mol. The average Bonchev–Trinajstić information content (AvgIpc) is 2.40. The predicted molar refractivity (Wildman–Crippen MR) is 84.6 cm³/mol. The molecule has 0 aliphatic carbocycles. The number of anilines is 1. The van der Waals surface area contributed by atoms with E-state index in [2.05, 4.69) is 34.0 Å². The molecular formula is C15H14INO2. The van der Waals surface area contributed by atoms with Crippen LogP contribution in [-0.2, 0) is 6.54 Å². The van der Waals surface area contributed by atoms with Crippen LogP contribution in [0.1, 0.15) is 21.5 Å². The molecule has 0 bridgehead atoms. The van der Waals surface area contributed by atoms with Crippen molar-refractivity contribution in [1.29, 1.82) is 0 Å². The molecule has 0 fully saturated rings. The number of hydrogen-bond donors (Lipinski definition) is 2. The highest BCUT2D eigenvalue weighted by Crippen LogP contribution is 2.19. The molecule has 0 radical (unpaired) electrons. The number of carboxylic acid groups (broad SMARTS) is 1. The Hall–Kier alpha value is -1.56. The van der Waals surface area contributed by atoms with E-state index in [-0.39, 0.29) is 0 Å². The molecule has 0 heterocycles. The van der Waals surface area contributed by atoms with Gasteiger partial charge in [-0.1, -0.05) is 24.3 Å². The molecule has 2 N–H and O–H groups in total. The van der Waals surface area contributed by atoms with Gasteiger partial charge < -0.3 is 10.4 Å². The van der Waals surface area contributed by atoms with Gasteiger partial charge in [-0.3, -0.25) is 0 Å². The van der Waals surface area contributed by atoms with E-state index in [1.54, 1.807) is 12.1 Å². The smallest absolute Gasteiger partial charge is 0.336 e. The molecule has 0 atom stereocenters. The zero-order valence-corrected chi connectivity index (χ0v) is 12.6. The Morgan fingerprint density at radius 1 is 1.26 bits per heavy atom. The highest BCUT2D eigenvalue weighted by Gasteiger charge is 2.08. The summed E-state index contributed by atoms with van der Waals surface area (Å²) in [5.41, 5.74) is 3.31. The monoisotopic (exact) mass is 367 g/mol. The number of hydrogen-bond acceptors (Lipinski definition) is 2. The molecule has 2 aromatic rings. The second kappa shape index (κ2) is 6.06. The van der Waals surface area contributed by atoms with Crippen LogP contribution in [0.25, 0.3) is 0 Å². The number of nitrogens with one attached hydrogen (secondary N) is 1. The van der Waals surface area contributed by atoms with E-state index in [0.717, 1.165) is 20.4 Å². The molecule has 0 unspecified atom stereocenters. The van der Waals surface area contributed by atoms with Gasteiger partial charge in [0.05, 0.1) is 5.56 Å². The van der Waals surface area contributed by atoms with Crippen LogP contribution in [0.3, 0.4) is 0 Å². The molecule has 3 nitrogen and oxygen atoms in total. The third-order valence-corrected chi connectivity index (χ3v) is 3.59. The minimum atomic E-state index is -0.892. The third kappa shape index (κ3) is 3.47. The molecule has 0 saturated carbocycles. The second-order valence-electron chi connectivity index (χ2n) is 4.28. The summed E-state index contributed by atoms with van der Waals surface area (Å²) in [5, 5.41) is 12.4. The largest absolute Gasteiger partial charge is 0.478 e. The van der Waals surface area contributed by atoms with Crippen molar-refractivity contribution in [2.45, 2.75) is 13.5 Å². The lowest BCUT2D eigenvalue weighted by Crippen LogP contribution is -2.07. The zero-order valence-electron chi connectivity index (χ0n) is 10.5. The van der Waals surface area contributed by atoms with Gasteiger partial charge in [0.2, 0.25) is 0 Å². The van der Waals surface area contributed by atoms with Gasteiger partial charge in [0.1, 0.15) is 0 Å². The molecule has 98 valence electrons. The quantitative estimate of drug-likeness (QED) is 0.806. The molecule has 0 spiro atoms. The van der Waals surface area contributed by atoms with Gasteiger partial charge in [0.15, 0.2) is 0 Å². The number of aryl methyl sites for hydroxylation is 1. The Morgan fingerprint density at radius 3 is 2.74 bits per heavy atom. The fraction of sp³-hybridized carbons (Fsp3) is 0.133. The van der Waals surface area contributed by atoms with E-state index < -0.39 is 5.97 Å². The van der Waals surface area contributed by atoms with Gasteiger partial charge in [-0.25, -0.2) is 4.79 Å². The van der Waals surface area contributed by atoms with E-state index in [0.29, 0.717) is 12.1 Å². The summed E-state index contributed by atoms with van der Waals surface area (Å²) in [4.78, 5) is 11.1. The highest BCUT2D eigenvalue weighted by molar-refractivity contribution is 14.1. The van der Waals surface area contributed by atoms with E-state index in [9.17, 15) is 4.79 Å². The first-order valence-corrected chi connectivity index (χ1v) is 6.97. The van der Waals surface area contributed by atoms with Crippen LogP contribution < -0.4 is 5.32 Å². The summed E-state index contributed by atoms with van der Waals surface area (Å²) in [6, 6.07) is 13.2. The van der Waals surface area contributed by atoms with Crippen LogP contribution in [0.15, 0.2) is 42.5 Å². The predicted octanol–water partition coefficient (Wildman–Crippen LogP) is 3.91. The summed E-state index contributed by atoms with van der Waals surface area (Å²) >= 11 is 2.26. The fourth-order valence-electron chi connectivity index (χ4n) is 1.86. The number of rotatable bonds is 4. The maximum Gasteiger partial charge on any atom is 0.336 e. The van der Waals surface area contributed by atoms with Crippen molar-refractivity contribution in [3.63, 3.8) is 0 Å². The minimum Gasteiger partial charge on any atom is -0.478 e. The van der Waals surface area contributed by atoms with Crippen LogP contribution in [0, 0.1) is 10.5 Å². The lowest BCUT2D eigenvalue weighted by atomic mass is 10.1. The van der Waals surface area contributed by atoms with Gasteiger partial charge in [-0.2, -0.15) is 0 Å². The third-order valence-electron chi connectivity index (χ3n) is 2.92. The maximum absolute atomic E-state index is 11.1. The van der Waals surface area contributed by atoms with Crippen LogP contribution >= 0.6 is 22.6 Å². The summed E-state index contributed by atoms with van der Waals surface area (Å²) in [5.74, 6) is -0.892. The van der Waals surface area contributed by atoms with Crippen LogP contribution in [0.5, 0.6) is 0 Å². The molecule has 0 aliphatic heterocycles. The number of halogens is 1. The molecule has 2 aromatic carbocycles. The van der Waals surface area contributed by atoms with Crippen molar-refractivity contribution in [3.8, 4) is 0 Å². The summed E-state index contributed by atoms with van der Waals surface area (Å²) in [6.07, 6.45) is 0. The first-order chi connectivity index (χ1) is 9.08. The van der Waals surface area contributed by atoms with Gasteiger partial charge >= 0.3 is 5.97 Å². The van der Waals surface area contributed by atoms with Crippen molar-refractivity contribution < 1.29 is 9.90 Å². The van der Waals surface area contributed by atoms with Crippen LogP contribution in [0.4, 0.5) is 5.69 Å². The van der Waals surface area contributed by atoms with Crippen molar-refractivity contribution in [3.05, 3.63) is 62.7 Å². The average molecular weight is 367 g/mol. The Morgan fingerprint density at radius 2 is 2.00 bits per heavy atom. The van der Waals surface area contributed by atoms with Crippen molar-refractivity contribution in [1.82, 2.24) is 0 Å². The number of carboxylic acids is 1. The minimum absolute atomic E-state index is 0.346. The Balaban J connectivity index is 2.19. The highest BCUT2D eigenvalue weighted by atomic mass is 127. The van der Waals surface area contributed by atoms with E-state index >= 15 is 0 Å². The van der Waals surface area contributed by atoms with Crippen LogP contribution in [-0.4, -0.2) is 11.1 Å². The maximum atomic E-state index is 11.1. The molecule has 0 saturated heterocycles.